The molecule has 4 nitrogen and oxygen atoms in total. The number of nitro groups is 1. The molecule has 2 aromatic carbocycles. The average Bonchev–Trinajstić information content (AvgIpc) is 2.36. The van der Waals surface area contributed by atoms with Crippen LogP contribution in [0.5, 0.6) is 0 Å². The lowest BCUT2D eigenvalue weighted by Crippen LogP contribution is -2.01. The van der Waals surface area contributed by atoms with E-state index in [0.29, 0.717) is 27.8 Å². The SMILES string of the molecule is Cc1ccc(NCc2cc(Cl)cc(Cl)c2)cc1[N+](=O)[O-]. The van der Waals surface area contributed by atoms with Crippen molar-refractivity contribution in [1.82, 2.24) is 0 Å². The molecule has 6 heteroatoms. The quantitative estimate of drug-likeness (QED) is 0.650. The molecule has 0 saturated carbocycles. The Kier molecular flexibility index (Phi) is 4.47. The number of hydrogen-bond acceptors (Lipinski definition) is 3. The first-order valence-electron chi connectivity index (χ1n) is 5.89. The molecular weight excluding hydrogens is 299 g/mol. The van der Waals surface area contributed by atoms with Crippen LogP contribution in [0.4, 0.5) is 11.4 Å². The Balaban J connectivity index is 2.14. The topological polar surface area (TPSA) is 55.2 Å². The van der Waals surface area contributed by atoms with Gasteiger partial charge in [-0.05, 0) is 36.8 Å². The Morgan fingerprint density at radius 3 is 2.40 bits per heavy atom. The molecule has 0 heterocycles. The van der Waals surface area contributed by atoms with Crippen molar-refractivity contribution in [3.8, 4) is 0 Å². The van der Waals surface area contributed by atoms with E-state index in [1.54, 1.807) is 37.3 Å². The molecule has 0 aromatic heterocycles. The highest BCUT2D eigenvalue weighted by Gasteiger charge is 2.10. The molecule has 0 aliphatic heterocycles. The van der Waals surface area contributed by atoms with Crippen LogP contribution < -0.4 is 5.32 Å². The van der Waals surface area contributed by atoms with Gasteiger partial charge in [0.1, 0.15) is 0 Å². The number of nitrogens with one attached hydrogen (secondary N) is 1. The Bertz CT molecular complexity index is 639. The zero-order valence-electron chi connectivity index (χ0n) is 10.7. The Morgan fingerprint density at radius 1 is 1.15 bits per heavy atom. The third kappa shape index (κ3) is 3.62. The van der Waals surface area contributed by atoms with Gasteiger partial charge in [-0.15, -0.1) is 0 Å². The summed E-state index contributed by atoms with van der Waals surface area (Å²) in [4.78, 5) is 10.5. The Morgan fingerprint density at radius 2 is 1.80 bits per heavy atom. The third-order valence-corrected chi connectivity index (χ3v) is 3.26. The highest BCUT2D eigenvalue weighted by atomic mass is 35.5. The van der Waals surface area contributed by atoms with Crippen molar-refractivity contribution in [2.24, 2.45) is 0 Å². The number of nitrogens with zero attached hydrogens (tertiary/aromatic N) is 1. The molecule has 0 atom stereocenters. The molecule has 0 fully saturated rings. The minimum absolute atomic E-state index is 0.0964. The standard InChI is InChI=1S/C14H12Cl2N2O2/c1-9-2-3-13(7-14(9)18(19)20)17-8-10-4-11(15)6-12(16)5-10/h2-7,17H,8H2,1H3. The Labute approximate surface area is 126 Å². The maximum atomic E-state index is 10.9. The molecule has 2 aromatic rings. The Hall–Kier alpha value is -1.78. The first kappa shape index (κ1) is 14.6. The number of halogens is 2. The summed E-state index contributed by atoms with van der Waals surface area (Å²) in [5.74, 6) is 0. The minimum atomic E-state index is -0.392. The van der Waals surface area contributed by atoms with Crippen LogP contribution in [0.1, 0.15) is 11.1 Å². The lowest BCUT2D eigenvalue weighted by molar-refractivity contribution is -0.385. The molecule has 20 heavy (non-hydrogen) atoms. The van der Waals surface area contributed by atoms with Gasteiger partial charge in [0.2, 0.25) is 0 Å². The van der Waals surface area contributed by atoms with Crippen LogP contribution in [-0.2, 0) is 6.54 Å². The molecule has 0 aliphatic carbocycles. The van der Waals surface area contributed by atoms with E-state index in [9.17, 15) is 10.1 Å². The summed E-state index contributed by atoms with van der Waals surface area (Å²) in [7, 11) is 0. The zero-order chi connectivity index (χ0) is 14.7. The summed E-state index contributed by atoms with van der Waals surface area (Å²) in [6, 6.07) is 10.3. The van der Waals surface area contributed by atoms with Crippen LogP contribution in [0.15, 0.2) is 36.4 Å². The van der Waals surface area contributed by atoms with Gasteiger partial charge in [-0.25, -0.2) is 0 Å². The molecule has 0 spiro atoms. The monoisotopic (exact) mass is 310 g/mol. The summed E-state index contributed by atoms with van der Waals surface area (Å²) in [5, 5.41) is 15.1. The van der Waals surface area contributed by atoms with E-state index in [1.165, 1.54) is 6.07 Å². The molecule has 104 valence electrons. The molecule has 0 saturated heterocycles. The van der Waals surface area contributed by atoms with Crippen molar-refractivity contribution in [2.75, 3.05) is 5.32 Å². The molecule has 0 aliphatic rings. The van der Waals surface area contributed by atoms with E-state index < -0.39 is 4.92 Å². The lowest BCUT2D eigenvalue weighted by Gasteiger charge is -2.08. The van der Waals surface area contributed by atoms with Crippen LogP contribution in [0, 0.1) is 17.0 Å². The van der Waals surface area contributed by atoms with Gasteiger partial charge < -0.3 is 5.32 Å². The molecule has 0 amide bonds. The fourth-order valence-electron chi connectivity index (χ4n) is 1.83. The van der Waals surface area contributed by atoms with Crippen LogP contribution in [0.2, 0.25) is 10.0 Å². The first-order chi connectivity index (χ1) is 9.45. The van der Waals surface area contributed by atoms with Gasteiger partial charge in [0.05, 0.1) is 4.92 Å². The van der Waals surface area contributed by atoms with Crippen molar-refractivity contribution in [1.29, 1.82) is 0 Å². The highest BCUT2D eigenvalue weighted by Crippen LogP contribution is 2.24. The van der Waals surface area contributed by atoms with Gasteiger partial charge in [0, 0.05) is 33.9 Å². The van der Waals surface area contributed by atoms with E-state index in [2.05, 4.69) is 5.32 Å². The number of rotatable bonds is 4. The van der Waals surface area contributed by atoms with Crippen molar-refractivity contribution < 1.29 is 4.92 Å². The van der Waals surface area contributed by atoms with E-state index in [1.807, 2.05) is 0 Å². The number of benzene rings is 2. The number of hydrogen-bond donors (Lipinski definition) is 1. The van der Waals surface area contributed by atoms with E-state index in [-0.39, 0.29) is 5.69 Å². The van der Waals surface area contributed by atoms with Gasteiger partial charge >= 0.3 is 0 Å². The largest absolute Gasteiger partial charge is 0.381 e. The summed E-state index contributed by atoms with van der Waals surface area (Å²) >= 11 is 11.8. The van der Waals surface area contributed by atoms with Crippen LogP contribution in [0.3, 0.4) is 0 Å². The van der Waals surface area contributed by atoms with Gasteiger partial charge in [-0.2, -0.15) is 0 Å². The first-order valence-corrected chi connectivity index (χ1v) is 6.65. The number of nitro benzene ring substituents is 1. The fourth-order valence-corrected chi connectivity index (χ4v) is 2.40. The third-order valence-electron chi connectivity index (χ3n) is 2.82. The van der Waals surface area contributed by atoms with Crippen molar-refractivity contribution in [3.05, 3.63) is 67.7 Å². The normalized spacial score (nSPS) is 10.3. The van der Waals surface area contributed by atoms with Gasteiger partial charge in [0.15, 0.2) is 0 Å². The summed E-state index contributed by atoms with van der Waals surface area (Å²) in [6.45, 7) is 2.19. The summed E-state index contributed by atoms with van der Waals surface area (Å²) in [6.07, 6.45) is 0. The van der Waals surface area contributed by atoms with E-state index >= 15 is 0 Å². The molecule has 0 unspecified atom stereocenters. The maximum Gasteiger partial charge on any atom is 0.274 e. The molecule has 1 N–H and O–H groups in total. The van der Waals surface area contributed by atoms with Crippen molar-refractivity contribution in [3.63, 3.8) is 0 Å². The molecule has 0 bridgehead atoms. The van der Waals surface area contributed by atoms with E-state index in [4.69, 9.17) is 23.2 Å². The van der Waals surface area contributed by atoms with Gasteiger partial charge in [-0.1, -0.05) is 29.3 Å². The van der Waals surface area contributed by atoms with Crippen molar-refractivity contribution >= 4 is 34.6 Å². The second-order valence-corrected chi connectivity index (χ2v) is 5.26. The minimum Gasteiger partial charge on any atom is -0.381 e. The fraction of sp³-hybridized carbons (Fsp3) is 0.143. The average molecular weight is 311 g/mol. The predicted octanol–water partition coefficient (Wildman–Crippen LogP) is 4.82. The predicted molar refractivity (Wildman–Crippen MR) is 81.6 cm³/mol. The van der Waals surface area contributed by atoms with E-state index in [0.717, 1.165) is 5.56 Å². The van der Waals surface area contributed by atoms with Crippen molar-refractivity contribution in [2.45, 2.75) is 13.5 Å². The summed E-state index contributed by atoms with van der Waals surface area (Å²) < 4.78 is 0. The highest BCUT2D eigenvalue weighted by molar-refractivity contribution is 6.34. The molecule has 2 rings (SSSR count). The smallest absolute Gasteiger partial charge is 0.274 e. The second kappa shape index (κ2) is 6.11. The summed E-state index contributed by atoms with van der Waals surface area (Å²) in [5.41, 5.74) is 2.31. The van der Waals surface area contributed by atoms with Gasteiger partial charge in [0.25, 0.3) is 5.69 Å². The molecule has 0 radical (unpaired) electrons. The maximum absolute atomic E-state index is 10.9. The van der Waals surface area contributed by atoms with Crippen LogP contribution in [0.25, 0.3) is 0 Å². The second-order valence-electron chi connectivity index (χ2n) is 4.39. The van der Waals surface area contributed by atoms with Crippen LogP contribution >= 0.6 is 23.2 Å². The zero-order valence-corrected chi connectivity index (χ0v) is 12.2. The van der Waals surface area contributed by atoms with Crippen LogP contribution in [-0.4, -0.2) is 4.92 Å². The molecular formula is C14H12Cl2N2O2. The number of anilines is 1. The van der Waals surface area contributed by atoms with Gasteiger partial charge in [-0.3, -0.25) is 10.1 Å². The number of aryl methyl sites for hydroxylation is 1. The lowest BCUT2D eigenvalue weighted by atomic mass is 10.1.